The molecule has 6 nitrogen and oxygen atoms in total. The molecule has 0 aliphatic heterocycles. The van der Waals surface area contributed by atoms with Crippen LogP contribution >= 0.6 is 0 Å². The molecule has 0 unspecified atom stereocenters. The number of hydrogen-bond donors (Lipinski definition) is 2. The van der Waals surface area contributed by atoms with E-state index < -0.39 is 0 Å². The number of benzene rings is 1. The lowest BCUT2D eigenvalue weighted by molar-refractivity contribution is 0.0946. The maximum atomic E-state index is 12.6. The van der Waals surface area contributed by atoms with Crippen molar-refractivity contribution in [1.82, 2.24) is 15.3 Å². The van der Waals surface area contributed by atoms with Crippen LogP contribution in [0.3, 0.4) is 0 Å². The van der Waals surface area contributed by atoms with Gasteiger partial charge in [-0.15, -0.1) is 0 Å². The van der Waals surface area contributed by atoms with Crippen LogP contribution in [0.5, 0.6) is 0 Å². The standard InChI is InChI=1S/C21H20N4O2/c1-14-5-6-15(2)18(10-14)25-20(26)17-7-9-23-19(11-17)21(27)24-13-16-4-3-8-22-12-16/h3-12H,13H2,1-2H3,(H,24,27)(H,25,26). The van der Waals surface area contributed by atoms with E-state index in [1.54, 1.807) is 24.5 Å². The van der Waals surface area contributed by atoms with Crippen molar-refractivity contribution < 1.29 is 9.59 Å². The highest BCUT2D eigenvalue weighted by Crippen LogP contribution is 2.17. The topological polar surface area (TPSA) is 84.0 Å². The molecule has 1 aromatic carbocycles. The van der Waals surface area contributed by atoms with Crippen LogP contribution in [0, 0.1) is 13.8 Å². The number of aryl methyl sites for hydroxylation is 2. The van der Waals surface area contributed by atoms with Crippen molar-refractivity contribution in [3.05, 3.63) is 89.0 Å². The van der Waals surface area contributed by atoms with E-state index in [-0.39, 0.29) is 17.5 Å². The number of pyridine rings is 2. The second-order valence-corrected chi connectivity index (χ2v) is 6.25. The molecule has 0 saturated heterocycles. The van der Waals surface area contributed by atoms with E-state index in [9.17, 15) is 9.59 Å². The van der Waals surface area contributed by atoms with Gasteiger partial charge in [0.1, 0.15) is 5.69 Å². The van der Waals surface area contributed by atoms with Crippen molar-refractivity contribution in [3.63, 3.8) is 0 Å². The molecule has 3 rings (SSSR count). The maximum absolute atomic E-state index is 12.6. The summed E-state index contributed by atoms with van der Waals surface area (Å²) in [4.78, 5) is 32.9. The number of carbonyl (C=O) groups is 2. The van der Waals surface area contributed by atoms with Crippen LogP contribution in [0.25, 0.3) is 0 Å². The Hall–Kier alpha value is -3.54. The first-order valence-electron chi connectivity index (χ1n) is 8.54. The number of hydrogen-bond acceptors (Lipinski definition) is 4. The number of anilines is 1. The molecule has 0 atom stereocenters. The largest absolute Gasteiger partial charge is 0.347 e. The van der Waals surface area contributed by atoms with Gasteiger partial charge in [0.2, 0.25) is 0 Å². The Bertz CT molecular complexity index is 971. The van der Waals surface area contributed by atoms with Gasteiger partial charge in [0.25, 0.3) is 11.8 Å². The molecule has 0 fully saturated rings. The van der Waals surface area contributed by atoms with E-state index in [0.717, 1.165) is 22.4 Å². The van der Waals surface area contributed by atoms with Gasteiger partial charge in [0.15, 0.2) is 0 Å². The SMILES string of the molecule is Cc1ccc(C)c(NC(=O)c2ccnc(C(=O)NCc3cccnc3)c2)c1. The number of amides is 2. The molecular formula is C21H20N4O2. The average Bonchev–Trinajstić information content (AvgIpc) is 2.69. The number of carbonyl (C=O) groups excluding carboxylic acids is 2. The predicted molar refractivity (Wildman–Crippen MR) is 104 cm³/mol. The molecular weight excluding hydrogens is 340 g/mol. The monoisotopic (exact) mass is 360 g/mol. The maximum Gasteiger partial charge on any atom is 0.270 e. The van der Waals surface area contributed by atoms with Crippen LogP contribution in [0.4, 0.5) is 5.69 Å². The summed E-state index contributed by atoms with van der Waals surface area (Å²) in [6.45, 7) is 4.23. The van der Waals surface area contributed by atoms with Crippen LogP contribution in [0.1, 0.15) is 37.5 Å². The molecule has 2 N–H and O–H groups in total. The van der Waals surface area contributed by atoms with Crippen LogP contribution in [-0.4, -0.2) is 21.8 Å². The predicted octanol–water partition coefficient (Wildman–Crippen LogP) is 3.28. The molecule has 27 heavy (non-hydrogen) atoms. The normalized spacial score (nSPS) is 10.3. The molecule has 2 heterocycles. The van der Waals surface area contributed by atoms with E-state index in [4.69, 9.17) is 0 Å². The third kappa shape index (κ3) is 4.76. The summed E-state index contributed by atoms with van der Waals surface area (Å²) in [6.07, 6.45) is 4.81. The van der Waals surface area contributed by atoms with Crippen molar-refractivity contribution >= 4 is 17.5 Å². The van der Waals surface area contributed by atoms with Gasteiger partial charge in [-0.3, -0.25) is 19.6 Å². The zero-order valence-electron chi connectivity index (χ0n) is 15.2. The zero-order valence-corrected chi connectivity index (χ0v) is 15.2. The highest BCUT2D eigenvalue weighted by Gasteiger charge is 2.13. The number of aromatic nitrogens is 2. The van der Waals surface area contributed by atoms with E-state index in [1.165, 1.54) is 12.3 Å². The van der Waals surface area contributed by atoms with E-state index in [1.807, 2.05) is 38.1 Å². The fourth-order valence-corrected chi connectivity index (χ4v) is 2.54. The number of nitrogens with zero attached hydrogens (tertiary/aromatic N) is 2. The van der Waals surface area contributed by atoms with Crippen molar-refractivity contribution in [3.8, 4) is 0 Å². The van der Waals surface area contributed by atoms with E-state index in [0.29, 0.717) is 12.1 Å². The fraction of sp³-hybridized carbons (Fsp3) is 0.143. The van der Waals surface area contributed by atoms with Gasteiger partial charge in [-0.2, -0.15) is 0 Å². The van der Waals surface area contributed by atoms with Crippen molar-refractivity contribution in [2.75, 3.05) is 5.32 Å². The molecule has 0 aliphatic rings. The summed E-state index contributed by atoms with van der Waals surface area (Å²) >= 11 is 0. The molecule has 0 saturated carbocycles. The summed E-state index contributed by atoms with van der Waals surface area (Å²) < 4.78 is 0. The molecule has 136 valence electrons. The minimum atomic E-state index is -0.347. The van der Waals surface area contributed by atoms with E-state index in [2.05, 4.69) is 20.6 Å². The summed E-state index contributed by atoms with van der Waals surface area (Å²) in [5, 5.41) is 5.66. The highest BCUT2D eigenvalue weighted by molar-refractivity contribution is 6.06. The Morgan fingerprint density at radius 1 is 1.00 bits per heavy atom. The van der Waals surface area contributed by atoms with Crippen molar-refractivity contribution in [2.45, 2.75) is 20.4 Å². The third-order valence-corrected chi connectivity index (χ3v) is 4.07. The fourth-order valence-electron chi connectivity index (χ4n) is 2.54. The minimum Gasteiger partial charge on any atom is -0.347 e. The second kappa shape index (κ2) is 8.23. The lowest BCUT2D eigenvalue weighted by Gasteiger charge is -2.10. The Morgan fingerprint density at radius 2 is 1.85 bits per heavy atom. The summed E-state index contributed by atoms with van der Waals surface area (Å²) in [5.74, 6) is -0.632. The van der Waals surface area contributed by atoms with Crippen molar-refractivity contribution in [1.29, 1.82) is 0 Å². The Morgan fingerprint density at radius 3 is 2.63 bits per heavy atom. The minimum absolute atomic E-state index is 0.188. The highest BCUT2D eigenvalue weighted by atomic mass is 16.2. The zero-order chi connectivity index (χ0) is 19.2. The Kier molecular flexibility index (Phi) is 5.56. The molecule has 6 heteroatoms. The quantitative estimate of drug-likeness (QED) is 0.731. The van der Waals surface area contributed by atoms with E-state index >= 15 is 0 Å². The summed E-state index contributed by atoms with van der Waals surface area (Å²) in [7, 11) is 0. The van der Waals surface area contributed by atoms with Gasteiger partial charge in [-0.1, -0.05) is 18.2 Å². The van der Waals surface area contributed by atoms with Gasteiger partial charge in [-0.25, -0.2) is 0 Å². The molecule has 2 amide bonds. The van der Waals surface area contributed by atoms with Crippen LogP contribution in [-0.2, 0) is 6.54 Å². The first-order chi connectivity index (χ1) is 13.0. The van der Waals surface area contributed by atoms with Crippen LogP contribution < -0.4 is 10.6 Å². The summed E-state index contributed by atoms with van der Waals surface area (Å²) in [6, 6.07) is 12.6. The lowest BCUT2D eigenvalue weighted by atomic mass is 10.1. The molecule has 3 aromatic rings. The van der Waals surface area contributed by atoms with Crippen LogP contribution in [0.2, 0.25) is 0 Å². The van der Waals surface area contributed by atoms with Gasteiger partial charge in [0, 0.05) is 36.4 Å². The Labute approximate surface area is 157 Å². The van der Waals surface area contributed by atoms with Gasteiger partial charge >= 0.3 is 0 Å². The first kappa shape index (κ1) is 18.3. The molecule has 2 aromatic heterocycles. The first-order valence-corrected chi connectivity index (χ1v) is 8.54. The lowest BCUT2D eigenvalue weighted by Crippen LogP contribution is -2.24. The van der Waals surface area contributed by atoms with Gasteiger partial charge < -0.3 is 10.6 Å². The van der Waals surface area contributed by atoms with Crippen LogP contribution in [0.15, 0.2) is 61.1 Å². The molecule has 0 spiro atoms. The van der Waals surface area contributed by atoms with Gasteiger partial charge in [-0.05, 0) is 54.8 Å². The van der Waals surface area contributed by atoms with Gasteiger partial charge in [0.05, 0.1) is 0 Å². The Balaban J connectivity index is 1.69. The van der Waals surface area contributed by atoms with Crippen molar-refractivity contribution in [2.24, 2.45) is 0 Å². The average molecular weight is 360 g/mol. The number of nitrogens with one attached hydrogen (secondary N) is 2. The second-order valence-electron chi connectivity index (χ2n) is 6.25. The summed E-state index contributed by atoms with van der Waals surface area (Å²) in [5.41, 5.74) is 4.22. The number of rotatable bonds is 5. The third-order valence-electron chi connectivity index (χ3n) is 4.07. The molecule has 0 bridgehead atoms. The molecule has 0 radical (unpaired) electrons. The molecule has 0 aliphatic carbocycles. The smallest absolute Gasteiger partial charge is 0.270 e.